The van der Waals surface area contributed by atoms with Gasteiger partial charge in [-0.3, -0.25) is 14.2 Å². The van der Waals surface area contributed by atoms with Gasteiger partial charge in [-0.15, -0.1) is 0 Å². The number of ether oxygens (including phenoxy) is 2. The number of phosphoric ester groups is 1. The second kappa shape index (κ2) is 72.2. The highest BCUT2D eigenvalue weighted by atomic mass is 31.2. The minimum absolute atomic E-state index is 0.0312. The van der Waals surface area contributed by atoms with Crippen molar-refractivity contribution in [1.82, 2.24) is 0 Å². The number of hydrogen-bond donors (Lipinski definition) is 0. The summed E-state index contributed by atoms with van der Waals surface area (Å²) in [6, 6.07) is 0. The molecule has 0 amide bonds. The molecule has 0 N–H and O–H groups in total. The molecule has 0 saturated heterocycles. The molecule has 0 aliphatic rings. The lowest BCUT2D eigenvalue weighted by atomic mass is 10.0. The van der Waals surface area contributed by atoms with Gasteiger partial charge in [-0.2, -0.15) is 0 Å². The van der Waals surface area contributed by atoms with Crippen LogP contribution >= 0.6 is 7.82 Å². The average molecular weight is 1310 g/mol. The largest absolute Gasteiger partial charge is 0.756 e. The molecule has 0 aromatic heterocycles. The van der Waals surface area contributed by atoms with E-state index in [1.807, 2.05) is 21.1 Å². The zero-order chi connectivity index (χ0) is 66.9. The number of rotatable bonds is 72. The molecule has 2 unspecified atom stereocenters. The molecule has 2 atom stereocenters. The third kappa shape index (κ3) is 76.0. The number of carbonyl (C=O) groups is 2. The molecule has 534 valence electrons. The van der Waals surface area contributed by atoms with Gasteiger partial charge in [-0.05, 0) is 96.3 Å². The first-order chi connectivity index (χ1) is 45.0. The maximum absolute atomic E-state index is 12.9. The molecule has 0 rings (SSSR count). The number of quaternary nitrogens is 1. The first kappa shape index (κ1) is 88.9. The van der Waals surface area contributed by atoms with Crippen LogP contribution in [0.2, 0.25) is 0 Å². The maximum Gasteiger partial charge on any atom is 0.306 e. The van der Waals surface area contributed by atoms with Crippen molar-refractivity contribution in [2.75, 3.05) is 47.5 Å². The van der Waals surface area contributed by atoms with Gasteiger partial charge in [0.25, 0.3) is 7.82 Å². The highest BCUT2D eigenvalue weighted by Gasteiger charge is 2.22. The Morgan fingerprint density at radius 1 is 0.348 bits per heavy atom. The SMILES string of the molecule is CC/C=C\C/C=C\C/C=C\C/C=C\C/C=C\CCCCCCCCCCCCCCCCCCCCCCCC(=O)OC(COC(=O)CCCCCCCCCCCCCCCCCC/C=C\C/C=C\C/C=C\CCCCCCC)COP(=O)([O-])OCC[N+](C)(C)C. The smallest absolute Gasteiger partial charge is 0.306 e. The first-order valence-corrected chi connectivity index (χ1v) is 40.4. The molecule has 92 heavy (non-hydrogen) atoms. The zero-order valence-corrected chi connectivity index (χ0v) is 61.9. The standard InChI is InChI=1S/C82H148NO8P/c1-6-8-10-12-14-16-18-20-22-24-26-28-30-32-34-36-38-39-40-41-42-43-45-47-49-51-53-55-57-59-61-63-65-67-69-71-73-75-82(85)91-80(79-90-92(86,87)89-77-76-83(3,4)5)78-88-81(84)74-72-70-68-66-64-62-60-58-56-54-52-50-48-46-44-37-35-33-31-29-27-25-23-21-19-17-15-13-11-9-7-2/h8,10,14,16,19-22,25-28,31-34,80H,6-7,9,11-13,15,17-18,23-24,29-30,35-79H2,1-5H3/b10-8-,16-14-,21-19-,22-20-,27-25-,28-26-,33-31-,34-32-. The van der Waals surface area contributed by atoms with E-state index in [1.165, 1.54) is 244 Å². The van der Waals surface area contributed by atoms with Gasteiger partial charge in [0.1, 0.15) is 19.8 Å². The molecule has 10 heteroatoms. The Morgan fingerprint density at radius 2 is 0.620 bits per heavy atom. The van der Waals surface area contributed by atoms with Crippen LogP contribution in [0.1, 0.15) is 361 Å². The average Bonchev–Trinajstić information content (AvgIpc) is 2.34. The predicted molar refractivity (Wildman–Crippen MR) is 397 cm³/mol. The van der Waals surface area contributed by atoms with Crippen LogP contribution in [0.4, 0.5) is 0 Å². The van der Waals surface area contributed by atoms with Gasteiger partial charge in [-0.1, -0.05) is 349 Å². The molecular formula is C82H148NO8P. The molecule has 0 aliphatic carbocycles. The molecule has 0 saturated carbocycles. The van der Waals surface area contributed by atoms with Crippen LogP contribution in [0.3, 0.4) is 0 Å². The third-order valence-corrected chi connectivity index (χ3v) is 18.1. The number of allylic oxidation sites excluding steroid dienone is 16. The van der Waals surface area contributed by atoms with Crippen molar-refractivity contribution < 1.29 is 42.1 Å². The maximum atomic E-state index is 12.9. The van der Waals surface area contributed by atoms with Crippen LogP contribution in [0.25, 0.3) is 0 Å². The number of esters is 2. The topological polar surface area (TPSA) is 111 Å². The number of carbonyl (C=O) groups excluding carboxylic acids is 2. The Balaban J connectivity index is 3.96. The van der Waals surface area contributed by atoms with E-state index >= 15 is 0 Å². The fourth-order valence-corrected chi connectivity index (χ4v) is 11.9. The number of unbranched alkanes of at least 4 members (excludes halogenated alkanes) is 42. The van der Waals surface area contributed by atoms with E-state index in [4.69, 9.17) is 18.5 Å². The zero-order valence-electron chi connectivity index (χ0n) is 61.0. The van der Waals surface area contributed by atoms with Crippen molar-refractivity contribution in [3.05, 3.63) is 97.2 Å². The van der Waals surface area contributed by atoms with Crippen LogP contribution in [0.5, 0.6) is 0 Å². The highest BCUT2D eigenvalue weighted by Crippen LogP contribution is 2.38. The van der Waals surface area contributed by atoms with E-state index in [0.717, 1.165) is 83.5 Å². The molecular weight excluding hydrogens is 1160 g/mol. The van der Waals surface area contributed by atoms with Gasteiger partial charge in [0.15, 0.2) is 6.10 Å². The van der Waals surface area contributed by atoms with E-state index in [9.17, 15) is 19.0 Å². The summed E-state index contributed by atoms with van der Waals surface area (Å²) in [6.45, 7) is 4.16. The molecule has 0 heterocycles. The summed E-state index contributed by atoms with van der Waals surface area (Å²) in [5.41, 5.74) is 0. The number of hydrogen-bond acceptors (Lipinski definition) is 8. The second-order valence-electron chi connectivity index (χ2n) is 27.3. The number of phosphoric acid groups is 1. The predicted octanol–water partition coefficient (Wildman–Crippen LogP) is 25.2. The van der Waals surface area contributed by atoms with E-state index in [1.54, 1.807) is 0 Å². The molecule has 0 fully saturated rings. The van der Waals surface area contributed by atoms with Crippen LogP contribution in [-0.2, 0) is 32.7 Å². The number of nitrogens with zero attached hydrogens (tertiary/aromatic N) is 1. The Labute approximate surface area is 570 Å². The van der Waals surface area contributed by atoms with E-state index in [2.05, 4.69) is 111 Å². The lowest BCUT2D eigenvalue weighted by Gasteiger charge is -2.28. The van der Waals surface area contributed by atoms with Crippen LogP contribution in [0.15, 0.2) is 97.2 Å². The molecule has 0 radical (unpaired) electrons. The van der Waals surface area contributed by atoms with E-state index in [0.29, 0.717) is 17.4 Å². The summed E-state index contributed by atoms with van der Waals surface area (Å²) in [5.74, 6) is -0.818. The third-order valence-electron chi connectivity index (χ3n) is 17.1. The van der Waals surface area contributed by atoms with Crippen LogP contribution < -0.4 is 4.89 Å². The van der Waals surface area contributed by atoms with Crippen molar-refractivity contribution >= 4 is 19.8 Å². The van der Waals surface area contributed by atoms with Crippen molar-refractivity contribution in [3.8, 4) is 0 Å². The molecule has 0 aromatic rings. The summed E-state index contributed by atoms with van der Waals surface area (Å²) in [7, 11) is 1.18. The van der Waals surface area contributed by atoms with Gasteiger partial charge in [0.05, 0.1) is 27.7 Å². The van der Waals surface area contributed by atoms with Crippen molar-refractivity contribution in [2.24, 2.45) is 0 Å². The summed E-state index contributed by atoms with van der Waals surface area (Å²) in [6.07, 6.45) is 101. The van der Waals surface area contributed by atoms with E-state index in [-0.39, 0.29) is 32.0 Å². The fourth-order valence-electron chi connectivity index (χ4n) is 11.2. The molecule has 0 spiro atoms. The summed E-state index contributed by atoms with van der Waals surface area (Å²) >= 11 is 0. The van der Waals surface area contributed by atoms with Gasteiger partial charge < -0.3 is 27.9 Å². The Hall–Kier alpha value is -3.07. The summed E-state index contributed by atoms with van der Waals surface area (Å²) in [5, 5.41) is 0. The van der Waals surface area contributed by atoms with Crippen molar-refractivity contribution in [3.63, 3.8) is 0 Å². The Morgan fingerprint density at radius 3 is 0.924 bits per heavy atom. The van der Waals surface area contributed by atoms with Crippen LogP contribution in [0, 0.1) is 0 Å². The monoisotopic (exact) mass is 1310 g/mol. The van der Waals surface area contributed by atoms with Crippen molar-refractivity contribution in [1.29, 1.82) is 0 Å². The molecule has 0 aromatic carbocycles. The van der Waals surface area contributed by atoms with Gasteiger partial charge >= 0.3 is 11.9 Å². The van der Waals surface area contributed by atoms with Gasteiger partial charge in [0.2, 0.25) is 0 Å². The highest BCUT2D eigenvalue weighted by molar-refractivity contribution is 7.45. The van der Waals surface area contributed by atoms with E-state index < -0.39 is 26.5 Å². The second-order valence-corrected chi connectivity index (χ2v) is 28.8. The molecule has 9 nitrogen and oxygen atoms in total. The van der Waals surface area contributed by atoms with Crippen LogP contribution in [-0.4, -0.2) is 70.0 Å². The minimum Gasteiger partial charge on any atom is -0.756 e. The lowest BCUT2D eigenvalue weighted by Crippen LogP contribution is -2.37. The normalized spacial score (nSPS) is 13.6. The van der Waals surface area contributed by atoms with Gasteiger partial charge in [-0.25, -0.2) is 0 Å². The minimum atomic E-state index is -4.65. The first-order valence-electron chi connectivity index (χ1n) is 38.9. The van der Waals surface area contributed by atoms with Crippen molar-refractivity contribution in [2.45, 2.75) is 367 Å². The lowest BCUT2D eigenvalue weighted by molar-refractivity contribution is -0.870. The molecule has 0 bridgehead atoms. The Bertz CT molecular complexity index is 1880. The molecule has 0 aliphatic heterocycles. The quantitative estimate of drug-likeness (QED) is 0.0195. The summed E-state index contributed by atoms with van der Waals surface area (Å²) < 4.78 is 34.4. The Kier molecular flexibility index (Phi) is 69.8. The fraction of sp³-hybridized carbons (Fsp3) is 0.780. The summed E-state index contributed by atoms with van der Waals surface area (Å²) in [4.78, 5) is 38.2. The number of likely N-dealkylation sites (N-methyl/N-ethyl adjacent to an activating group) is 1. The van der Waals surface area contributed by atoms with Gasteiger partial charge in [0, 0.05) is 12.8 Å².